The van der Waals surface area contributed by atoms with Gasteiger partial charge in [0, 0.05) is 13.0 Å². The van der Waals surface area contributed by atoms with E-state index in [1.807, 2.05) is 0 Å². The summed E-state index contributed by atoms with van der Waals surface area (Å²) in [7, 11) is 1.16. The average Bonchev–Trinajstić information content (AvgIpc) is 3.48. The number of hydrogen-bond donors (Lipinski definition) is 21. The van der Waals surface area contributed by atoms with E-state index in [0.29, 0.717) is 0 Å². The first kappa shape index (κ1) is 65.1. The molecule has 7 heterocycles. The first-order valence-corrected chi connectivity index (χ1v) is 25.4. The summed E-state index contributed by atoms with van der Waals surface area (Å²) in [5, 5.41) is 225. The van der Waals surface area contributed by atoms with Gasteiger partial charge in [0.2, 0.25) is 0 Å². The maximum absolute atomic E-state index is 11.3. The smallest absolute Gasteiger partial charge is 0.187 e. The van der Waals surface area contributed by atoms with E-state index in [9.17, 15) is 107 Å². The van der Waals surface area contributed by atoms with Crippen LogP contribution in [0, 0.1) is 5.92 Å². The maximum Gasteiger partial charge on any atom is 0.187 e. The van der Waals surface area contributed by atoms with Crippen molar-refractivity contribution in [2.45, 2.75) is 216 Å². The first-order valence-electron chi connectivity index (χ1n) is 25.4. The SMILES string of the molecule is CO[C@H]1OC(CO)[C@@H](O[C@H]2OC(CO)[C@@H](O[C@H]3OC(CO)[C@@H](O[C@H]4OC(CO)[C@@H](O[C@H]5OC(CO)[C@@H](O[C@H]6OC(CO)[C@@H](O[C@H]7OC(CO)[C@H](C)[C@@H](O)C7O)[C@@H](O)C6O)[C@@H](O)C5O)[C@@H](O)C4O)[C@@H](O)C3O)[C@@H](O)C2O)[C@@H](O)C1O. The summed E-state index contributed by atoms with van der Waals surface area (Å²) in [5.41, 5.74) is 0. The second-order valence-electron chi connectivity index (χ2n) is 20.1. The van der Waals surface area contributed by atoms with Gasteiger partial charge >= 0.3 is 0 Å². The van der Waals surface area contributed by atoms with Gasteiger partial charge in [0.1, 0.15) is 153 Å². The Labute approximate surface area is 448 Å². The summed E-state index contributed by atoms with van der Waals surface area (Å²) < 4.78 is 78.1. The van der Waals surface area contributed by atoms with Crippen LogP contribution < -0.4 is 0 Å². The molecule has 35 atom stereocenters. The van der Waals surface area contributed by atoms with Gasteiger partial charge in [0.05, 0.1) is 58.5 Å². The molecule has 7 aliphatic rings. The fraction of sp³-hybridized carbons (Fsp3) is 1.00. The lowest BCUT2D eigenvalue weighted by atomic mass is 9.91. The molecule has 0 radical (unpaired) electrons. The van der Waals surface area contributed by atoms with Crippen LogP contribution in [0.25, 0.3) is 0 Å². The van der Waals surface area contributed by atoms with E-state index in [2.05, 4.69) is 0 Å². The Morgan fingerprint density at radius 2 is 0.405 bits per heavy atom. The molecule has 7 rings (SSSR count). The maximum atomic E-state index is 11.3. The fourth-order valence-electron chi connectivity index (χ4n) is 10.4. The lowest BCUT2D eigenvalue weighted by Crippen LogP contribution is -2.68. The van der Waals surface area contributed by atoms with Gasteiger partial charge in [-0.15, -0.1) is 0 Å². The molecule has 0 spiro atoms. The molecule has 35 nitrogen and oxygen atoms in total. The Hall–Kier alpha value is -1.40. The molecule has 21 N–H and O–H groups in total. The third-order valence-corrected chi connectivity index (χ3v) is 15.1. The summed E-state index contributed by atoms with van der Waals surface area (Å²) >= 11 is 0. The zero-order chi connectivity index (χ0) is 58.1. The summed E-state index contributed by atoms with van der Waals surface area (Å²) in [4.78, 5) is 0. The van der Waals surface area contributed by atoms with Crippen LogP contribution >= 0.6 is 0 Å². The second-order valence-corrected chi connectivity index (χ2v) is 20.1. The van der Waals surface area contributed by atoms with Gasteiger partial charge in [0.25, 0.3) is 0 Å². The van der Waals surface area contributed by atoms with Crippen molar-refractivity contribution < 1.29 is 174 Å². The predicted molar refractivity (Wildman–Crippen MR) is 240 cm³/mol. The highest BCUT2D eigenvalue weighted by Crippen LogP contribution is 2.38. The zero-order valence-corrected chi connectivity index (χ0v) is 42.3. The van der Waals surface area contributed by atoms with Crippen LogP contribution in [0.3, 0.4) is 0 Å². The lowest BCUT2D eigenvalue weighted by Gasteiger charge is -2.50. The van der Waals surface area contributed by atoms with Gasteiger partial charge in [-0.25, -0.2) is 0 Å². The van der Waals surface area contributed by atoms with E-state index in [0.717, 1.165) is 7.11 Å². The molecular formula is C44H76O35. The van der Waals surface area contributed by atoms with Crippen LogP contribution in [0.5, 0.6) is 0 Å². The third-order valence-electron chi connectivity index (χ3n) is 15.1. The normalized spacial score (nSPS) is 53.0. The largest absolute Gasteiger partial charge is 0.394 e. The van der Waals surface area contributed by atoms with Crippen LogP contribution in [0.2, 0.25) is 0 Å². The van der Waals surface area contributed by atoms with Crippen molar-refractivity contribution in [1.29, 1.82) is 0 Å². The molecule has 0 amide bonds. The molecular weight excluding hydrogens is 1090 g/mol. The molecule has 462 valence electrons. The van der Waals surface area contributed by atoms with Gasteiger partial charge in [0.15, 0.2) is 44.0 Å². The first-order chi connectivity index (χ1) is 37.5. The molecule has 14 unspecified atom stereocenters. The highest BCUT2D eigenvalue weighted by Gasteiger charge is 2.58. The highest BCUT2D eigenvalue weighted by molar-refractivity contribution is 5.01. The topological polar surface area (TPSA) is 554 Å². The van der Waals surface area contributed by atoms with Crippen LogP contribution in [0.4, 0.5) is 0 Å². The van der Waals surface area contributed by atoms with E-state index in [4.69, 9.17) is 66.3 Å². The molecule has 0 aromatic rings. The zero-order valence-electron chi connectivity index (χ0n) is 42.3. The van der Waals surface area contributed by atoms with Crippen LogP contribution in [-0.2, 0) is 66.3 Å². The van der Waals surface area contributed by atoms with Crippen molar-refractivity contribution in [2.24, 2.45) is 5.92 Å². The van der Waals surface area contributed by atoms with Crippen molar-refractivity contribution >= 4 is 0 Å². The van der Waals surface area contributed by atoms with E-state index in [1.54, 1.807) is 0 Å². The number of methoxy groups -OCH3 is 1. The van der Waals surface area contributed by atoms with Crippen molar-refractivity contribution in [1.82, 2.24) is 0 Å². The van der Waals surface area contributed by atoms with Gasteiger partial charge in [-0.2, -0.15) is 0 Å². The molecule has 0 saturated carbocycles. The Morgan fingerprint density at radius 1 is 0.241 bits per heavy atom. The van der Waals surface area contributed by atoms with Crippen molar-refractivity contribution in [3.63, 3.8) is 0 Å². The minimum Gasteiger partial charge on any atom is -0.394 e. The molecule has 0 aromatic heterocycles. The summed E-state index contributed by atoms with van der Waals surface area (Å²) in [6, 6.07) is 0. The Morgan fingerprint density at radius 3 is 0.595 bits per heavy atom. The summed E-state index contributed by atoms with van der Waals surface area (Å²) in [6.07, 6.45) is -62.4. The number of aliphatic hydroxyl groups is 21. The highest BCUT2D eigenvalue weighted by atomic mass is 16.8. The van der Waals surface area contributed by atoms with Crippen molar-refractivity contribution in [3.8, 4) is 0 Å². The molecule has 0 aliphatic carbocycles. The van der Waals surface area contributed by atoms with Gasteiger partial charge < -0.3 is 174 Å². The molecule has 0 aromatic carbocycles. The van der Waals surface area contributed by atoms with E-state index in [-0.39, 0.29) is 0 Å². The molecule has 0 bridgehead atoms. The van der Waals surface area contributed by atoms with Gasteiger partial charge in [-0.1, -0.05) is 6.92 Å². The number of rotatable bonds is 20. The van der Waals surface area contributed by atoms with Gasteiger partial charge in [-0.05, 0) is 0 Å². The van der Waals surface area contributed by atoms with Crippen molar-refractivity contribution in [3.05, 3.63) is 0 Å². The average molecular weight is 1170 g/mol. The second kappa shape index (κ2) is 28.2. The molecule has 7 fully saturated rings. The van der Waals surface area contributed by atoms with Crippen molar-refractivity contribution in [2.75, 3.05) is 53.4 Å². The quantitative estimate of drug-likeness (QED) is 0.0538. The number of aliphatic hydroxyl groups excluding tert-OH is 21. The minimum atomic E-state index is -2.21. The monoisotopic (exact) mass is 1160 g/mol. The molecule has 7 saturated heterocycles. The Balaban J connectivity index is 0.946. The minimum absolute atomic E-state index is 0.592. The van der Waals surface area contributed by atoms with Gasteiger partial charge in [-0.3, -0.25) is 0 Å². The summed E-state index contributed by atoms with van der Waals surface area (Å²) in [6.45, 7) is -4.89. The Bertz CT molecular complexity index is 1820. The van der Waals surface area contributed by atoms with E-state index < -0.39 is 261 Å². The van der Waals surface area contributed by atoms with E-state index in [1.165, 1.54) is 6.92 Å². The molecule has 7 aliphatic heterocycles. The number of hydrogen-bond acceptors (Lipinski definition) is 35. The number of ether oxygens (including phenoxy) is 14. The molecule has 35 heteroatoms. The summed E-state index contributed by atoms with van der Waals surface area (Å²) in [5.74, 6) is -0.751. The standard InChI is InChI=1S/C44H76O35/c1-10-11(3-45)67-39(25(59)18(10)52)74-33-13(5-47)69-41(27(61)20(33)54)76-35-15(7-49)71-43(29(63)22(35)56)78-37-17(9-51)73-44(31(65)24(37)58)79-36-16(8-50)72-42(30(64)23(36)57)77-34-14(6-48)70-40(28(62)21(34)55)75-32-12(4-46)68-38(66-2)26(60)19(32)53/h10-65H,3-9H2,1-2H3/t10-,11?,12?,13?,14?,15?,16?,17?,18+,19-,20-,21-,22-,23-,24-,25?,26?,27?,28?,29?,30?,31?,32+,33+,34+,35+,36+,37+,38-,39+,40+,41+,42+,43+,44+/m0/s1. The third kappa shape index (κ3) is 13.4. The Kier molecular flexibility index (Phi) is 23.3. The van der Waals surface area contributed by atoms with Crippen LogP contribution in [-0.4, -0.2) is 369 Å². The predicted octanol–water partition coefficient (Wildman–Crippen LogP) is -14.3. The van der Waals surface area contributed by atoms with E-state index >= 15 is 0 Å². The lowest BCUT2D eigenvalue weighted by molar-refractivity contribution is -0.397. The van der Waals surface area contributed by atoms with Crippen LogP contribution in [0.15, 0.2) is 0 Å². The van der Waals surface area contributed by atoms with Crippen LogP contribution in [0.1, 0.15) is 6.92 Å². The molecule has 79 heavy (non-hydrogen) atoms. The fourth-order valence-corrected chi connectivity index (χ4v) is 10.4.